The van der Waals surface area contributed by atoms with E-state index in [1.54, 1.807) is 0 Å². The summed E-state index contributed by atoms with van der Waals surface area (Å²) in [5.41, 5.74) is 7.51. The number of piperidine rings is 1. The lowest BCUT2D eigenvalue weighted by Crippen LogP contribution is -2.45. The van der Waals surface area contributed by atoms with Gasteiger partial charge in [-0.1, -0.05) is 26.0 Å². The summed E-state index contributed by atoms with van der Waals surface area (Å²) < 4.78 is 1.95. The molecule has 0 bridgehead atoms. The van der Waals surface area contributed by atoms with Crippen LogP contribution in [0.2, 0.25) is 0 Å². The molecule has 1 aliphatic rings. The van der Waals surface area contributed by atoms with E-state index < -0.39 is 0 Å². The first-order valence-electron chi connectivity index (χ1n) is 12.7. The lowest BCUT2D eigenvalue weighted by Gasteiger charge is -2.34. The van der Waals surface area contributed by atoms with Crippen LogP contribution in [0.3, 0.4) is 0 Å². The molecule has 0 N–H and O–H groups in total. The lowest BCUT2D eigenvalue weighted by atomic mass is 10.0. The normalized spacial score (nSPS) is 16.5. The van der Waals surface area contributed by atoms with Gasteiger partial charge in [0.1, 0.15) is 5.82 Å². The fraction of sp³-hybridized carbons (Fsp3) is 0.379. The molecule has 36 heavy (non-hydrogen) atoms. The van der Waals surface area contributed by atoms with Gasteiger partial charge < -0.3 is 9.80 Å². The van der Waals surface area contributed by atoms with Crippen LogP contribution in [-0.4, -0.2) is 57.1 Å². The standard InChI is InChI=1S/C29H34N6O/c1-19(2)29-20(3)32-35-15-11-22(17-26(29)35)25-10-13-30-27(31-25)16-21-6-8-23(9-7-21)34-14-12-24(33(4)5)18-28(34)36/h6-11,13,15,17,19,24H,12,14,16,18H2,1-5H3. The predicted molar refractivity (Wildman–Crippen MR) is 143 cm³/mol. The molecule has 0 aliphatic carbocycles. The van der Waals surface area contributed by atoms with Crippen molar-refractivity contribution in [2.24, 2.45) is 0 Å². The molecule has 186 valence electrons. The number of nitrogens with zero attached hydrogens (tertiary/aromatic N) is 6. The maximum atomic E-state index is 12.7. The molecular weight excluding hydrogens is 448 g/mol. The molecule has 1 saturated heterocycles. The number of hydrogen-bond donors (Lipinski definition) is 0. The molecule has 5 rings (SSSR count). The van der Waals surface area contributed by atoms with E-state index in [0.29, 0.717) is 24.8 Å². The first-order valence-corrected chi connectivity index (χ1v) is 12.7. The molecule has 0 saturated carbocycles. The quantitative estimate of drug-likeness (QED) is 0.392. The summed E-state index contributed by atoms with van der Waals surface area (Å²) in [6, 6.07) is 14.7. The number of hydrogen-bond acceptors (Lipinski definition) is 5. The van der Waals surface area contributed by atoms with Crippen molar-refractivity contribution in [2.45, 2.75) is 52.0 Å². The lowest BCUT2D eigenvalue weighted by molar-refractivity contribution is -0.120. The Bertz CT molecular complexity index is 1390. The molecule has 3 aromatic heterocycles. The maximum Gasteiger partial charge on any atom is 0.228 e. The Morgan fingerprint density at radius 1 is 1.11 bits per heavy atom. The summed E-state index contributed by atoms with van der Waals surface area (Å²) in [4.78, 5) is 26.1. The minimum atomic E-state index is 0.190. The Hall–Kier alpha value is -3.58. The number of carbonyl (C=O) groups excluding carboxylic acids is 1. The summed E-state index contributed by atoms with van der Waals surface area (Å²) in [7, 11) is 4.08. The highest BCUT2D eigenvalue weighted by Crippen LogP contribution is 2.28. The third-order valence-corrected chi connectivity index (χ3v) is 7.17. The Morgan fingerprint density at radius 2 is 1.89 bits per heavy atom. The van der Waals surface area contributed by atoms with Crippen LogP contribution >= 0.6 is 0 Å². The van der Waals surface area contributed by atoms with Crippen LogP contribution in [0.5, 0.6) is 0 Å². The van der Waals surface area contributed by atoms with Crippen molar-refractivity contribution in [1.82, 2.24) is 24.5 Å². The number of aromatic nitrogens is 4. The second-order valence-corrected chi connectivity index (χ2v) is 10.3. The highest BCUT2D eigenvalue weighted by molar-refractivity contribution is 5.94. The van der Waals surface area contributed by atoms with Gasteiger partial charge >= 0.3 is 0 Å². The summed E-state index contributed by atoms with van der Waals surface area (Å²) in [5, 5.41) is 4.66. The van der Waals surface area contributed by atoms with Crippen molar-refractivity contribution in [2.75, 3.05) is 25.5 Å². The van der Waals surface area contributed by atoms with Crippen molar-refractivity contribution in [3.8, 4) is 11.3 Å². The largest absolute Gasteiger partial charge is 0.312 e. The summed E-state index contributed by atoms with van der Waals surface area (Å²) >= 11 is 0. The first-order chi connectivity index (χ1) is 17.3. The smallest absolute Gasteiger partial charge is 0.228 e. The molecule has 1 unspecified atom stereocenters. The van der Waals surface area contributed by atoms with Gasteiger partial charge in [0, 0.05) is 54.6 Å². The van der Waals surface area contributed by atoms with Crippen molar-refractivity contribution >= 4 is 17.1 Å². The Labute approximate surface area is 212 Å². The highest BCUT2D eigenvalue weighted by Gasteiger charge is 2.27. The second-order valence-electron chi connectivity index (χ2n) is 10.3. The van der Waals surface area contributed by atoms with E-state index in [4.69, 9.17) is 4.98 Å². The van der Waals surface area contributed by atoms with Crippen LogP contribution in [0.1, 0.15) is 55.3 Å². The van der Waals surface area contributed by atoms with Crippen LogP contribution in [0.4, 0.5) is 5.69 Å². The molecule has 0 radical (unpaired) electrons. The first kappa shape index (κ1) is 24.1. The van der Waals surface area contributed by atoms with E-state index in [1.807, 2.05) is 54.1 Å². The maximum absolute atomic E-state index is 12.7. The number of carbonyl (C=O) groups is 1. The van der Waals surface area contributed by atoms with Crippen molar-refractivity contribution in [3.63, 3.8) is 0 Å². The molecule has 1 amide bonds. The second kappa shape index (κ2) is 9.82. The molecule has 7 nitrogen and oxygen atoms in total. The van der Waals surface area contributed by atoms with E-state index in [9.17, 15) is 4.79 Å². The fourth-order valence-corrected chi connectivity index (χ4v) is 5.21. The zero-order valence-corrected chi connectivity index (χ0v) is 21.8. The number of pyridine rings is 1. The van der Waals surface area contributed by atoms with Gasteiger partial charge in [-0.05, 0) is 69.3 Å². The third-order valence-electron chi connectivity index (χ3n) is 7.17. The minimum Gasteiger partial charge on any atom is -0.312 e. The molecule has 7 heteroatoms. The van der Waals surface area contributed by atoms with Crippen molar-refractivity contribution in [3.05, 3.63) is 77.5 Å². The van der Waals surface area contributed by atoms with Crippen LogP contribution in [-0.2, 0) is 11.2 Å². The number of benzene rings is 1. The summed E-state index contributed by atoms with van der Waals surface area (Å²) in [5.74, 6) is 1.36. The Balaban J connectivity index is 1.33. The monoisotopic (exact) mass is 482 g/mol. The average Bonchev–Trinajstić information content (AvgIpc) is 3.20. The van der Waals surface area contributed by atoms with Crippen molar-refractivity contribution < 1.29 is 4.79 Å². The number of aryl methyl sites for hydroxylation is 1. The van der Waals surface area contributed by atoms with Crippen LogP contribution in [0.25, 0.3) is 16.8 Å². The average molecular weight is 483 g/mol. The number of fused-ring (bicyclic) bond motifs is 1. The zero-order chi connectivity index (χ0) is 25.4. The van der Waals surface area contributed by atoms with Gasteiger partial charge in [-0.2, -0.15) is 5.10 Å². The van der Waals surface area contributed by atoms with Gasteiger partial charge in [0.25, 0.3) is 0 Å². The van der Waals surface area contributed by atoms with Gasteiger partial charge in [-0.3, -0.25) is 4.79 Å². The van der Waals surface area contributed by atoms with Crippen LogP contribution in [0.15, 0.2) is 54.9 Å². The molecule has 1 aliphatic heterocycles. The zero-order valence-electron chi connectivity index (χ0n) is 21.8. The summed E-state index contributed by atoms with van der Waals surface area (Å²) in [6.45, 7) is 7.22. The highest BCUT2D eigenvalue weighted by atomic mass is 16.2. The van der Waals surface area contributed by atoms with Gasteiger partial charge in [0.15, 0.2) is 0 Å². The molecule has 1 aromatic carbocycles. The molecule has 4 aromatic rings. The fourth-order valence-electron chi connectivity index (χ4n) is 5.21. The summed E-state index contributed by atoms with van der Waals surface area (Å²) in [6.07, 6.45) is 6.03. The Kier molecular flexibility index (Phi) is 6.58. The third kappa shape index (κ3) is 4.75. The number of amides is 1. The van der Waals surface area contributed by atoms with E-state index in [1.165, 1.54) is 5.56 Å². The topological polar surface area (TPSA) is 66.6 Å². The van der Waals surface area contributed by atoms with Gasteiger partial charge in [0.2, 0.25) is 5.91 Å². The molecule has 0 spiro atoms. The number of anilines is 1. The molecule has 4 heterocycles. The van der Waals surface area contributed by atoms with Crippen LogP contribution in [0, 0.1) is 6.92 Å². The van der Waals surface area contributed by atoms with Crippen molar-refractivity contribution in [1.29, 1.82) is 0 Å². The van der Waals surface area contributed by atoms with E-state index in [2.05, 4.69) is 60.0 Å². The minimum absolute atomic E-state index is 0.190. The Morgan fingerprint density at radius 3 is 2.58 bits per heavy atom. The van der Waals surface area contributed by atoms with E-state index in [0.717, 1.165) is 52.5 Å². The van der Waals surface area contributed by atoms with Gasteiger partial charge in [-0.25, -0.2) is 14.5 Å². The van der Waals surface area contributed by atoms with Crippen LogP contribution < -0.4 is 4.90 Å². The number of rotatable bonds is 6. The van der Waals surface area contributed by atoms with E-state index >= 15 is 0 Å². The molecule has 1 fully saturated rings. The van der Waals surface area contributed by atoms with Gasteiger partial charge in [-0.15, -0.1) is 0 Å². The predicted octanol–water partition coefficient (Wildman–Crippen LogP) is 4.87. The molecule has 1 atom stereocenters. The SMILES string of the molecule is Cc1nn2ccc(-c3ccnc(Cc4ccc(N5CCC(N(C)C)CC5=O)cc4)n3)cc2c1C(C)C. The van der Waals surface area contributed by atoms with Gasteiger partial charge in [0.05, 0.1) is 16.9 Å². The van der Waals surface area contributed by atoms with E-state index in [-0.39, 0.29) is 5.91 Å². The molecular formula is C29H34N6O.